The van der Waals surface area contributed by atoms with Crippen LogP contribution in [0.5, 0.6) is 0 Å². The summed E-state index contributed by atoms with van der Waals surface area (Å²) in [4.78, 5) is 24.9. The maximum atomic E-state index is 11.6. The fourth-order valence-corrected chi connectivity index (χ4v) is 3.67. The zero-order chi connectivity index (χ0) is 14.1. The van der Waals surface area contributed by atoms with E-state index >= 15 is 0 Å². The van der Waals surface area contributed by atoms with Crippen LogP contribution in [0.25, 0.3) is 0 Å². The smallest absolute Gasteiger partial charge is 0.220 e. The molecule has 0 unspecified atom stereocenters. The highest BCUT2D eigenvalue weighted by Crippen LogP contribution is 2.33. The Kier molecular flexibility index (Phi) is 3.83. The molecular formula is C14H20N4OS. The number of hydrogen-bond donors (Lipinski definition) is 0. The van der Waals surface area contributed by atoms with Crippen molar-refractivity contribution in [3.05, 3.63) is 17.6 Å². The molecule has 0 aromatic carbocycles. The van der Waals surface area contributed by atoms with Gasteiger partial charge in [0.2, 0.25) is 5.91 Å². The van der Waals surface area contributed by atoms with Crippen LogP contribution in [0.1, 0.15) is 30.9 Å². The Bertz CT molecular complexity index is 516. The van der Waals surface area contributed by atoms with E-state index in [2.05, 4.69) is 20.9 Å². The number of carbonyl (C=O) groups is 1. The minimum atomic E-state index is 0.133. The Labute approximate surface area is 123 Å². The monoisotopic (exact) mass is 292 g/mol. The fraction of sp³-hybridized carbons (Fsp3) is 0.643. The van der Waals surface area contributed by atoms with E-state index in [0.717, 1.165) is 54.9 Å². The number of rotatable bonds is 2. The molecule has 20 heavy (non-hydrogen) atoms. The number of amides is 1. The molecule has 0 bridgehead atoms. The zero-order valence-electron chi connectivity index (χ0n) is 12.0. The van der Waals surface area contributed by atoms with Crippen molar-refractivity contribution in [3.8, 4) is 0 Å². The Morgan fingerprint density at radius 3 is 2.65 bits per heavy atom. The molecule has 0 N–H and O–H groups in total. The summed E-state index contributed by atoms with van der Waals surface area (Å²) >= 11 is 1.99. The van der Waals surface area contributed by atoms with Crippen molar-refractivity contribution in [1.82, 2.24) is 14.9 Å². The van der Waals surface area contributed by atoms with Gasteiger partial charge in [0.25, 0.3) is 0 Å². The van der Waals surface area contributed by atoms with E-state index in [4.69, 9.17) is 0 Å². The molecule has 6 heteroatoms. The average Bonchev–Trinajstić information content (AvgIpc) is 2.37. The lowest BCUT2D eigenvalue weighted by Crippen LogP contribution is -2.44. The lowest BCUT2D eigenvalue weighted by atomic mass is 9.99. The van der Waals surface area contributed by atoms with Crippen LogP contribution in [-0.2, 0) is 4.79 Å². The first kappa shape index (κ1) is 13.7. The van der Waals surface area contributed by atoms with Crippen LogP contribution in [0.15, 0.2) is 6.07 Å². The third kappa shape index (κ3) is 2.61. The minimum absolute atomic E-state index is 0.133. The van der Waals surface area contributed by atoms with E-state index in [9.17, 15) is 4.79 Å². The summed E-state index contributed by atoms with van der Waals surface area (Å²) in [6.07, 6.45) is 1.01. The van der Waals surface area contributed by atoms with Gasteiger partial charge in [-0.1, -0.05) is 0 Å². The molecule has 1 aromatic heterocycles. The van der Waals surface area contributed by atoms with E-state index in [0.29, 0.717) is 0 Å². The summed E-state index contributed by atoms with van der Waals surface area (Å²) in [6.45, 7) is 6.49. The molecule has 2 saturated heterocycles. The molecule has 108 valence electrons. The van der Waals surface area contributed by atoms with Gasteiger partial charge < -0.3 is 9.80 Å². The van der Waals surface area contributed by atoms with Gasteiger partial charge in [-0.15, -0.1) is 0 Å². The molecule has 0 aliphatic carbocycles. The first-order chi connectivity index (χ1) is 9.65. The average molecular weight is 292 g/mol. The molecule has 1 atom stereocenters. The van der Waals surface area contributed by atoms with Crippen molar-refractivity contribution in [3.63, 3.8) is 0 Å². The molecule has 2 aliphatic rings. The van der Waals surface area contributed by atoms with Gasteiger partial charge in [0.05, 0.1) is 11.7 Å². The van der Waals surface area contributed by atoms with Crippen molar-refractivity contribution in [2.75, 3.05) is 36.0 Å². The second-order valence-corrected chi connectivity index (χ2v) is 6.54. The Hall–Kier alpha value is -1.30. The molecule has 5 nitrogen and oxygen atoms in total. The van der Waals surface area contributed by atoms with Gasteiger partial charge in [0.1, 0.15) is 11.6 Å². The van der Waals surface area contributed by atoms with Gasteiger partial charge >= 0.3 is 0 Å². The molecule has 0 radical (unpaired) electrons. The molecule has 1 amide bonds. The number of aromatic nitrogens is 2. The summed E-state index contributed by atoms with van der Waals surface area (Å²) < 4.78 is 0. The summed E-state index contributed by atoms with van der Waals surface area (Å²) in [6, 6.07) is 2.22. The number of nitrogens with zero attached hydrogens (tertiary/aromatic N) is 4. The number of anilines is 1. The molecule has 3 heterocycles. The van der Waals surface area contributed by atoms with Gasteiger partial charge in [0.15, 0.2) is 0 Å². The van der Waals surface area contributed by atoms with Gasteiger partial charge in [0, 0.05) is 44.1 Å². The van der Waals surface area contributed by atoms with Crippen molar-refractivity contribution < 1.29 is 4.79 Å². The predicted molar refractivity (Wildman–Crippen MR) is 81.1 cm³/mol. The van der Waals surface area contributed by atoms with Crippen LogP contribution in [0.3, 0.4) is 0 Å². The summed E-state index contributed by atoms with van der Waals surface area (Å²) in [5, 5.41) is 0. The van der Waals surface area contributed by atoms with Crippen molar-refractivity contribution in [2.24, 2.45) is 0 Å². The van der Waals surface area contributed by atoms with Crippen LogP contribution in [0.2, 0.25) is 0 Å². The zero-order valence-corrected chi connectivity index (χ0v) is 12.8. The quantitative estimate of drug-likeness (QED) is 0.829. The van der Waals surface area contributed by atoms with Crippen molar-refractivity contribution in [2.45, 2.75) is 26.3 Å². The second-order valence-electron chi connectivity index (χ2n) is 5.31. The van der Waals surface area contributed by atoms with E-state index in [1.54, 1.807) is 6.92 Å². The van der Waals surface area contributed by atoms with Gasteiger partial charge in [-0.2, -0.15) is 11.8 Å². The van der Waals surface area contributed by atoms with Crippen molar-refractivity contribution in [1.29, 1.82) is 0 Å². The summed E-state index contributed by atoms with van der Waals surface area (Å²) in [7, 11) is 0. The first-order valence-corrected chi connectivity index (χ1v) is 8.26. The maximum Gasteiger partial charge on any atom is 0.220 e. The molecular weight excluding hydrogens is 272 g/mol. The standard InChI is InChI=1S/C14H20N4OS/c1-10-15-12(13-3-4-18(13)11(2)19)9-14(16-10)17-5-7-20-8-6-17/h9,13H,3-8H2,1-2H3/t13-/m0/s1. The number of thioether (sulfide) groups is 1. The highest BCUT2D eigenvalue weighted by atomic mass is 32.2. The highest BCUT2D eigenvalue weighted by Gasteiger charge is 2.33. The number of aryl methyl sites for hydroxylation is 1. The van der Waals surface area contributed by atoms with E-state index in [-0.39, 0.29) is 11.9 Å². The molecule has 3 rings (SSSR count). The topological polar surface area (TPSA) is 49.3 Å². The molecule has 0 spiro atoms. The SMILES string of the molecule is CC(=O)N1CC[C@H]1c1cc(N2CCSCC2)nc(C)n1. The van der Waals surface area contributed by atoms with Crippen LogP contribution in [0.4, 0.5) is 5.82 Å². The summed E-state index contributed by atoms with van der Waals surface area (Å²) in [5.74, 6) is 4.26. The molecule has 2 aliphatic heterocycles. The normalized spacial score (nSPS) is 22.6. The highest BCUT2D eigenvalue weighted by molar-refractivity contribution is 7.99. The minimum Gasteiger partial charge on any atom is -0.355 e. The Morgan fingerprint density at radius 2 is 2.05 bits per heavy atom. The van der Waals surface area contributed by atoms with Crippen LogP contribution >= 0.6 is 11.8 Å². The fourth-order valence-electron chi connectivity index (χ4n) is 2.77. The van der Waals surface area contributed by atoms with Gasteiger partial charge in [-0.3, -0.25) is 4.79 Å². The molecule has 0 saturated carbocycles. The lowest BCUT2D eigenvalue weighted by molar-refractivity contribution is -0.136. The van der Waals surface area contributed by atoms with Crippen LogP contribution in [0, 0.1) is 6.92 Å². The van der Waals surface area contributed by atoms with Gasteiger partial charge in [-0.05, 0) is 13.3 Å². The van der Waals surface area contributed by atoms with Crippen LogP contribution in [-0.4, -0.2) is 51.9 Å². The van der Waals surface area contributed by atoms with E-state index in [1.165, 1.54) is 0 Å². The van der Waals surface area contributed by atoms with E-state index < -0.39 is 0 Å². The first-order valence-electron chi connectivity index (χ1n) is 7.10. The summed E-state index contributed by atoms with van der Waals surface area (Å²) in [5.41, 5.74) is 0.993. The number of likely N-dealkylation sites (tertiary alicyclic amines) is 1. The van der Waals surface area contributed by atoms with Gasteiger partial charge in [-0.25, -0.2) is 9.97 Å². The number of carbonyl (C=O) groups excluding carboxylic acids is 1. The molecule has 1 aromatic rings. The predicted octanol–water partition coefficient (Wildman–Crippen LogP) is 1.63. The Balaban J connectivity index is 1.84. The number of hydrogen-bond acceptors (Lipinski definition) is 5. The van der Waals surface area contributed by atoms with Crippen LogP contribution < -0.4 is 4.90 Å². The maximum absolute atomic E-state index is 11.6. The molecule has 2 fully saturated rings. The lowest BCUT2D eigenvalue weighted by Gasteiger charge is -2.40. The third-order valence-corrected chi connectivity index (χ3v) is 4.89. The third-order valence-electron chi connectivity index (χ3n) is 3.94. The largest absolute Gasteiger partial charge is 0.355 e. The van der Waals surface area contributed by atoms with E-state index in [1.807, 2.05) is 23.6 Å². The Morgan fingerprint density at radius 1 is 1.30 bits per heavy atom. The second kappa shape index (κ2) is 5.60. The van der Waals surface area contributed by atoms with Crippen molar-refractivity contribution >= 4 is 23.5 Å².